The number of rotatable bonds is 8. The SMILES string of the molecule is CCCCCc1ccccc1C=CC(=S)c1cccc2c1OC(N)(c1nn[nH]n1)CO2. The number of aromatic nitrogens is 4. The van der Waals surface area contributed by atoms with E-state index >= 15 is 0 Å². The first-order chi connectivity index (χ1) is 15.1. The van der Waals surface area contributed by atoms with Crippen molar-refractivity contribution < 1.29 is 9.47 Å². The lowest BCUT2D eigenvalue weighted by molar-refractivity contribution is -0.0149. The first-order valence-corrected chi connectivity index (χ1v) is 10.8. The quantitative estimate of drug-likeness (QED) is 0.239. The van der Waals surface area contributed by atoms with Crippen LogP contribution in [0.15, 0.2) is 48.5 Å². The molecule has 0 fully saturated rings. The second-order valence-electron chi connectivity index (χ2n) is 7.50. The lowest BCUT2D eigenvalue weighted by Gasteiger charge is -2.33. The molecule has 4 rings (SSSR count). The monoisotopic (exact) mass is 435 g/mol. The van der Waals surface area contributed by atoms with E-state index in [-0.39, 0.29) is 12.4 Å². The Morgan fingerprint density at radius 3 is 2.90 bits per heavy atom. The Bertz CT molecular complexity index is 1080. The Morgan fingerprint density at radius 1 is 1.23 bits per heavy atom. The van der Waals surface area contributed by atoms with Gasteiger partial charge in [0.25, 0.3) is 5.72 Å². The van der Waals surface area contributed by atoms with Gasteiger partial charge < -0.3 is 9.47 Å². The third-order valence-electron chi connectivity index (χ3n) is 5.21. The minimum atomic E-state index is -1.35. The van der Waals surface area contributed by atoms with Crippen LogP contribution >= 0.6 is 12.2 Å². The van der Waals surface area contributed by atoms with Crippen LogP contribution in [0.4, 0.5) is 0 Å². The molecule has 3 aromatic rings. The zero-order chi connectivity index (χ0) is 21.7. The summed E-state index contributed by atoms with van der Waals surface area (Å²) in [6.07, 6.45) is 8.65. The molecule has 0 bridgehead atoms. The van der Waals surface area contributed by atoms with E-state index in [1.54, 1.807) is 0 Å². The molecule has 1 aromatic heterocycles. The topological polar surface area (TPSA) is 98.9 Å². The van der Waals surface area contributed by atoms with Gasteiger partial charge in [0.05, 0.1) is 0 Å². The molecule has 1 aliphatic rings. The zero-order valence-corrected chi connectivity index (χ0v) is 18.2. The van der Waals surface area contributed by atoms with Gasteiger partial charge in [0.2, 0.25) is 5.82 Å². The Labute approximate surface area is 186 Å². The lowest BCUT2D eigenvalue weighted by Crippen LogP contribution is -2.51. The largest absolute Gasteiger partial charge is 0.483 e. The van der Waals surface area contributed by atoms with E-state index in [0.717, 1.165) is 12.0 Å². The van der Waals surface area contributed by atoms with Crippen molar-refractivity contribution in [3.63, 3.8) is 0 Å². The number of H-pyrrole nitrogens is 1. The number of para-hydroxylation sites is 1. The molecule has 31 heavy (non-hydrogen) atoms. The summed E-state index contributed by atoms with van der Waals surface area (Å²) < 4.78 is 11.9. The Morgan fingerprint density at radius 2 is 2.10 bits per heavy atom. The van der Waals surface area contributed by atoms with Crippen LogP contribution in [0.3, 0.4) is 0 Å². The Kier molecular flexibility index (Phi) is 6.39. The van der Waals surface area contributed by atoms with Crippen LogP contribution in [0.5, 0.6) is 11.5 Å². The first kappa shape index (κ1) is 21.1. The van der Waals surface area contributed by atoms with Gasteiger partial charge in [0.1, 0.15) is 6.61 Å². The zero-order valence-electron chi connectivity index (χ0n) is 17.4. The lowest BCUT2D eigenvalue weighted by atomic mass is 10.00. The highest BCUT2D eigenvalue weighted by Crippen LogP contribution is 2.39. The summed E-state index contributed by atoms with van der Waals surface area (Å²) in [5.74, 6) is 1.28. The van der Waals surface area contributed by atoms with Crippen molar-refractivity contribution in [2.45, 2.75) is 38.3 Å². The van der Waals surface area contributed by atoms with E-state index in [4.69, 9.17) is 27.4 Å². The molecule has 0 radical (unpaired) electrons. The molecule has 1 unspecified atom stereocenters. The second kappa shape index (κ2) is 9.36. The van der Waals surface area contributed by atoms with E-state index in [9.17, 15) is 0 Å². The van der Waals surface area contributed by atoms with Gasteiger partial charge in [-0.3, -0.25) is 5.73 Å². The number of ether oxygens (including phenoxy) is 2. The second-order valence-corrected chi connectivity index (χ2v) is 7.94. The van der Waals surface area contributed by atoms with Crippen molar-refractivity contribution in [3.8, 4) is 11.5 Å². The number of allylic oxidation sites excluding steroid dienone is 1. The first-order valence-electron chi connectivity index (χ1n) is 10.4. The molecule has 1 aliphatic heterocycles. The summed E-state index contributed by atoms with van der Waals surface area (Å²) in [6, 6.07) is 14.0. The van der Waals surface area contributed by atoms with E-state index in [1.807, 2.05) is 30.3 Å². The number of nitrogens with two attached hydrogens (primary N) is 1. The van der Waals surface area contributed by atoms with Crippen LogP contribution in [-0.2, 0) is 12.1 Å². The van der Waals surface area contributed by atoms with Gasteiger partial charge in [-0.05, 0) is 47.4 Å². The van der Waals surface area contributed by atoms with Crippen molar-refractivity contribution in [2.24, 2.45) is 5.73 Å². The van der Waals surface area contributed by atoms with E-state index in [0.29, 0.717) is 16.4 Å². The van der Waals surface area contributed by atoms with Crippen molar-refractivity contribution >= 4 is 23.2 Å². The van der Waals surface area contributed by atoms with Crippen LogP contribution in [0, 0.1) is 0 Å². The molecule has 0 spiro atoms. The van der Waals surface area contributed by atoms with Gasteiger partial charge in [-0.25, -0.2) is 0 Å². The smallest absolute Gasteiger partial charge is 0.257 e. The molecular weight excluding hydrogens is 410 g/mol. The molecule has 0 saturated carbocycles. The summed E-state index contributed by atoms with van der Waals surface area (Å²) in [5, 5.41) is 13.9. The number of thiocarbonyl (C=S) groups is 1. The van der Waals surface area contributed by atoms with E-state index in [1.165, 1.54) is 30.4 Å². The van der Waals surface area contributed by atoms with Crippen LogP contribution < -0.4 is 15.2 Å². The summed E-state index contributed by atoms with van der Waals surface area (Å²) in [5.41, 5.74) is 8.23. The average Bonchev–Trinajstić information content (AvgIpc) is 3.34. The Balaban J connectivity index is 1.57. The predicted molar refractivity (Wildman–Crippen MR) is 123 cm³/mol. The average molecular weight is 436 g/mol. The number of aryl methyl sites for hydroxylation is 1. The number of nitrogens with one attached hydrogen (secondary N) is 1. The number of tetrazole rings is 1. The molecule has 1 atom stereocenters. The van der Waals surface area contributed by atoms with Crippen LogP contribution in [-0.4, -0.2) is 32.1 Å². The molecule has 7 nitrogen and oxygen atoms in total. The standard InChI is InChI=1S/C23H25N5O2S/c1-2-3-4-8-16-9-5-6-10-17(16)13-14-20(31)18-11-7-12-19-21(18)30-23(24,15-29-19)22-25-27-28-26-22/h5-7,9-14H,2-4,8,15,24H2,1H3,(H,25,26,27,28). The summed E-state index contributed by atoms with van der Waals surface area (Å²) in [4.78, 5) is 0.626. The number of nitrogens with zero attached hydrogens (tertiary/aromatic N) is 3. The predicted octanol–water partition coefficient (Wildman–Crippen LogP) is 3.95. The van der Waals surface area contributed by atoms with Gasteiger partial charge in [0.15, 0.2) is 11.5 Å². The molecule has 0 saturated heterocycles. The number of hydrogen-bond acceptors (Lipinski definition) is 7. The van der Waals surface area contributed by atoms with Crippen LogP contribution in [0.1, 0.15) is 48.7 Å². The molecule has 0 amide bonds. The minimum absolute atomic E-state index is 0.0662. The molecule has 8 heteroatoms. The number of hydrogen-bond donors (Lipinski definition) is 2. The minimum Gasteiger partial charge on any atom is -0.483 e. The van der Waals surface area contributed by atoms with Gasteiger partial charge >= 0.3 is 0 Å². The molecule has 2 aromatic carbocycles. The Hall–Kier alpha value is -3.10. The van der Waals surface area contributed by atoms with Crippen LogP contribution in [0.25, 0.3) is 6.08 Å². The fraction of sp³-hybridized carbons (Fsp3) is 0.304. The maximum absolute atomic E-state index is 6.36. The molecule has 2 heterocycles. The third kappa shape index (κ3) is 4.65. The van der Waals surface area contributed by atoms with E-state index in [2.05, 4.69) is 51.8 Å². The van der Waals surface area contributed by atoms with E-state index < -0.39 is 5.72 Å². The fourth-order valence-electron chi connectivity index (χ4n) is 3.52. The normalized spacial score (nSPS) is 17.7. The third-order valence-corrected chi connectivity index (χ3v) is 5.57. The maximum Gasteiger partial charge on any atom is 0.257 e. The van der Waals surface area contributed by atoms with Gasteiger partial charge in [-0.15, -0.1) is 10.2 Å². The fourth-order valence-corrected chi connectivity index (χ4v) is 3.75. The van der Waals surface area contributed by atoms with Gasteiger partial charge in [-0.1, -0.05) is 68.4 Å². The highest BCUT2D eigenvalue weighted by molar-refractivity contribution is 7.81. The molecule has 3 N–H and O–H groups in total. The number of fused-ring (bicyclic) bond motifs is 1. The van der Waals surface area contributed by atoms with Crippen molar-refractivity contribution in [2.75, 3.05) is 6.61 Å². The summed E-state index contributed by atoms with van der Waals surface area (Å²) in [6.45, 7) is 2.28. The number of aromatic amines is 1. The maximum atomic E-state index is 6.36. The summed E-state index contributed by atoms with van der Waals surface area (Å²) in [7, 11) is 0. The molecule has 160 valence electrons. The van der Waals surface area contributed by atoms with Crippen molar-refractivity contribution in [1.82, 2.24) is 20.6 Å². The highest BCUT2D eigenvalue weighted by atomic mass is 32.1. The summed E-state index contributed by atoms with van der Waals surface area (Å²) >= 11 is 5.72. The van der Waals surface area contributed by atoms with Crippen molar-refractivity contribution in [3.05, 3.63) is 71.1 Å². The van der Waals surface area contributed by atoms with Gasteiger partial charge in [-0.2, -0.15) is 5.21 Å². The van der Waals surface area contributed by atoms with Gasteiger partial charge in [0, 0.05) is 10.4 Å². The number of unbranched alkanes of at least 4 members (excludes halogenated alkanes) is 2. The van der Waals surface area contributed by atoms with Crippen molar-refractivity contribution in [1.29, 1.82) is 0 Å². The molecular formula is C23H25N5O2S. The number of benzene rings is 2. The molecule has 0 aliphatic carbocycles. The van der Waals surface area contributed by atoms with Crippen LogP contribution in [0.2, 0.25) is 0 Å². The highest BCUT2D eigenvalue weighted by Gasteiger charge is 2.41.